The second kappa shape index (κ2) is 5.80. The Morgan fingerprint density at radius 1 is 1.29 bits per heavy atom. The summed E-state index contributed by atoms with van der Waals surface area (Å²) in [4.78, 5) is 0. The Kier molecular flexibility index (Phi) is 4.37. The van der Waals surface area contributed by atoms with Gasteiger partial charge in [-0.3, -0.25) is 0 Å². The highest BCUT2D eigenvalue weighted by molar-refractivity contribution is 6.20. The lowest BCUT2D eigenvalue weighted by molar-refractivity contribution is 0.239. The Morgan fingerprint density at radius 3 is 2.53 bits per heavy atom. The number of hydrogen-bond acceptors (Lipinski definition) is 3. The molecule has 0 saturated heterocycles. The molecule has 1 aliphatic rings. The van der Waals surface area contributed by atoms with Crippen molar-refractivity contribution in [3.8, 4) is 0 Å². The number of nitrogens with zero attached hydrogens (tertiary/aromatic N) is 4. The van der Waals surface area contributed by atoms with Crippen LogP contribution in [-0.4, -0.2) is 20.2 Å². The number of aromatic nitrogens is 4. The van der Waals surface area contributed by atoms with Gasteiger partial charge >= 0.3 is 0 Å². The van der Waals surface area contributed by atoms with E-state index in [1.807, 2.05) is 11.6 Å². The molecule has 17 heavy (non-hydrogen) atoms. The first-order chi connectivity index (χ1) is 8.20. The molecule has 0 amide bonds. The normalized spacial score (nSPS) is 27.0. The van der Waals surface area contributed by atoms with Crippen molar-refractivity contribution in [3.05, 3.63) is 5.82 Å². The van der Waals surface area contributed by atoms with Crippen LogP contribution < -0.4 is 0 Å². The Bertz CT molecular complexity index is 342. The molecule has 96 valence electrons. The summed E-state index contributed by atoms with van der Waals surface area (Å²) in [6, 6.07) is 0. The van der Waals surface area contributed by atoms with Gasteiger partial charge in [0, 0.05) is 6.54 Å². The van der Waals surface area contributed by atoms with Gasteiger partial charge in [-0.05, 0) is 42.0 Å². The molecule has 1 aromatic rings. The van der Waals surface area contributed by atoms with Gasteiger partial charge in [0.05, 0.1) is 5.38 Å². The van der Waals surface area contributed by atoms with Crippen molar-refractivity contribution in [1.29, 1.82) is 0 Å². The molecule has 1 atom stereocenters. The topological polar surface area (TPSA) is 43.6 Å². The largest absolute Gasteiger partial charge is 0.228 e. The summed E-state index contributed by atoms with van der Waals surface area (Å²) in [6.45, 7) is 5.13. The summed E-state index contributed by atoms with van der Waals surface area (Å²) in [6.07, 6.45) is 6.63. The molecule has 1 saturated carbocycles. The molecule has 0 bridgehead atoms. The molecule has 1 heterocycles. The maximum atomic E-state index is 6.05. The summed E-state index contributed by atoms with van der Waals surface area (Å²) < 4.78 is 1.88. The van der Waals surface area contributed by atoms with E-state index in [0.29, 0.717) is 0 Å². The van der Waals surface area contributed by atoms with Crippen LogP contribution >= 0.6 is 11.6 Å². The lowest BCUT2D eigenvalue weighted by atomic mass is 9.81. The zero-order chi connectivity index (χ0) is 12.3. The highest BCUT2D eigenvalue weighted by Crippen LogP contribution is 2.31. The number of tetrazole rings is 1. The van der Waals surface area contributed by atoms with E-state index in [1.165, 1.54) is 32.1 Å². The van der Waals surface area contributed by atoms with Crippen molar-refractivity contribution in [2.45, 2.75) is 57.9 Å². The lowest BCUT2D eigenvalue weighted by Crippen LogP contribution is -2.20. The van der Waals surface area contributed by atoms with E-state index in [4.69, 9.17) is 11.6 Å². The second-order valence-electron chi connectivity index (χ2n) is 5.13. The van der Waals surface area contributed by atoms with Gasteiger partial charge in [-0.15, -0.1) is 16.7 Å². The van der Waals surface area contributed by atoms with Crippen LogP contribution in [-0.2, 0) is 6.54 Å². The van der Waals surface area contributed by atoms with E-state index in [0.717, 1.165) is 24.2 Å². The molecule has 1 aromatic heterocycles. The molecular weight excluding hydrogens is 236 g/mol. The van der Waals surface area contributed by atoms with Crippen LogP contribution in [0.2, 0.25) is 0 Å². The van der Waals surface area contributed by atoms with E-state index in [2.05, 4.69) is 22.4 Å². The second-order valence-corrected chi connectivity index (χ2v) is 5.78. The van der Waals surface area contributed by atoms with E-state index in [-0.39, 0.29) is 5.38 Å². The molecule has 1 aliphatic carbocycles. The molecule has 0 aliphatic heterocycles. The van der Waals surface area contributed by atoms with Gasteiger partial charge in [-0.1, -0.05) is 26.2 Å². The zero-order valence-electron chi connectivity index (χ0n) is 10.6. The van der Waals surface area contributed by atoms with Gasteiger partial charge in [0.2, 0.25) is 0 Å². The van der Waals surface area contributed by atoms with Gasteiger partial charge < -0.3 is 0 Å². The monoisotopic (exact) mass is 256 g/mol. The predicted octanol–water partition coefficient (Wildman–Crippen LogP) is 3.19. The third-order valence-corrected chi connectivity index (χ3v) is 4.09. The van der Waals surface area contributed by atoms with E-state index in [9.17, 15) is 0 Å². The fourth-order valence-corrected chi connectivity index (χ4v) is 2.85. The van der Waals surface area contributed by atoms with Crippen LogP contribution in [0.25, 0.3) is 0 Å². The third kappa shape index (κ3) is 3.18. The SMILES string of the molecule is CCC1CCC(Cn2nnnc2C(C)Cl)CC1. The molecule has 0 aromatic carbocycles. The summed E-state index contributed by atoms with van der Waals surface area (Å²) in [5.74, 6) is 2.45. The lowest BCUT2D eigenvalue weighted by Gasteiger charge is -2.27. The molecule has 5 heteroatoms. The summed E-state index contributed by atoms with van der Waals surface area (Å²) in [7, 11) is 0. The Hall–Kier alpha value is -0.640. The first-order valence-corrected chi connectivity index (χ1v) is 7.04. The van der Waals surface area contributed by atoms with Crippen molar-refractivity contribution in [2.75, 3.05) is 0 Å². The van der Waals surface area contributed by atoms with Crippen LogP contribution in [0.3, 0.4) is 0 Å². The van der Waals surface area contributed by atoms with Gasteiger partial charge in [0.25, 0.3) is 0 Å². The summed E-state index contributed by atoms with van der Waals surface area (Å²) >= 11 is 6.05. The molecule has 4 nitrogen and oxygen atoms in total. The van der Waals surface area contributed by atoms with Crippen molar-refractivity contribution >= 4 is 11.6 Å². The number of hydrogen-bond donors (Lipinski definition) is 0. The van der Waals surface area contributed by atoms with E-state index in [1.54, 1.807) is 0 Å². The molecule has 0 N–H and O–H groups in total. The van der Waals surface area contributed by atoms with Gasteiger partial charge in [-0.25, -0.2) is 4.68 Å². The standard InChI is InChI=1S/C12H21ClN4/c1-3-10-4-6-11(7-5-10)8-17-12(9(2)13)14-15-16-17/h9-11H,3-8H2,1-2H3. The van der Waals surface area contributed by atoms with Crippen LogP contribution in [0.15, 0.2) is 0 Å². The zero-order valence-corrected chi connectivity index (χ0v) is 11.4. The van der Waals surface area contributed by atoms with Crippen molar-refractivity contribution in [2.24, 2.45) is 11.8 Å². The minimum Gasteiger partial charge on any atom is -0.228 e. The van der Waals surface area contributed by atoms with Crippen LogP contribution in [0.1, 0.15) is 57.2 Å². The highest BCUT2D eigenvalue weighted by Gasteiger charge is 2.22. The average molecular weight is 257 g/mol. The van der Waals surface area contributed by atoms with Gasteiger partial charge in [0.15, 0.2) is 5.82 Å². The summed E-state index contributed by atoms with van der Waals surface area (Å²) in [5.41, 5.74) is 0. The van der Waals surface area contributed by atoms with Gasteiger partial charge in [-0.2, -0.15) is 0 Å². The number of alkyl halides is 1. The fraction of sp³-hybridized carbons (Fsp3) is 0.917. The maximum absolute atomic E-state index is 6.05. The maximum Gasteiger partial charge on any atom is 0.168 e. The summed E-state index contributed by atoms with van der Waals surface area (Å²) in [5, 5.41) is 11.6. The molecule has 1 unspecified atom stereocenters. The number of halogens is 1. The molecule has 0 radical (unpaired) electrons. The number of rotatable bonds is 4. The van der Waals surface area contributed by atoms with E-state index >= 15 is 0 Å². The molecule has 0 spiro atoms. The molecule has 1 fully saturated rings. The Labute approximate surface area is 108 Å². The van der Waals surface area contributed by atoms with Crippen LogP contribution in [0.4, 0.5) is 0 Å². The Balaban J connectivity index is 1.91. The molecular formula is C12H21ClN4. The van der Waals surface area contributed by atoms with E-state index < -0.39 is 0 Å². The minimum atomic E-state index is -0.114. The minimum absolute atomic E-state index is 0.114. The van der Waals surface area contributed by atoms with Crippen LogP contribution in [0.5, 0.6) is 0 Å². The van der Waals surface area contributed by atoms with Crippen molar-refractivity contribution in [1.82, 2.24) is 20.2 Å². The van der Waals surface area contributed by atoms with Crippen LogP contribution in [0, 0.1) is 11.8 Å². The average Bonchev–Trinajstić information content (AvgIpc) is 2.78. The first kappa shape index (κ1) is 12.8. The van der Waals surface area contributed by atoms with Gasteiger partial charge in [0.1, 0.15) is 0 Å². The first-order valence-electron chi connectivity index (χ1n) is 6.60. The quantitative estimate of drug-likeness (QED) is 0.777. The van der Waals surface area contributed by atoms with Crippen molar-refractivity contribution in [3.63, 3.8) is 0 Å². The predicted molar refractivity (Wildman–Crippen MR) is 67.8 cm³/mol. The highest BCUT2D eigenvalue weighted by atomic mass is 35.5. The molecule has 2 rings (SSSR count). The Morgan fingerprint density at radius 2 is 1.94 bits per heavy atom. The smallest absolute Gasteiger partial charge is 0.168 e. The van der Waals surface area contributed by atoms with Crippen molar-refractivity contribution < 1.29 is 0 Å². The fourth-order valence-electron chi connectivity index (χ4n) is 2.69. The third-order valence-electron chi connectivity index (χ3n) is 3.89.